The molecule has 2 aromatic rings. The van der Waals surface area contributed by atoms with Crippen molar-refractivity contribution in [3.05, 3.63) is 59.7 Å². The van der Waals surface area contributed by atoms with Crippen LogP contribution in [0.15, 0.2) is 48.5 Å². The van der Waals surface area contributed by atoms with Gasteiger partial charge in [-0.15, -0.1) is 0 Å². The molecule has 0 aromatic heterocycles. The van der Waals surface area contributed by atoms with E-state index in [-0.39, 0.29) is 25.0 Å². The predicted molar refractivity (Wildman–Crippen MR) is 128 cm³/mol. The van der Waals surface area contributed by atoms with Crippen LogP contribution in [0.2, 0.25) is 0 Å². The van der Waals surface area contributed by atoms with Gasteiger partial charge in [0.15, 0.2) is 0 Å². The van der Waals surface area contributed by atoms with E-state index in [1.165, 1.54) is 4.90 Å². The Labute approximate surface area is 200 Å². The molecule has 0 saturated heterocycles. The maximum Gasteiger partial charge on any atom is 0.408 e. The van der Waals surface area contributed by atoms with Crippen LogP contribution in [-0.2, 0) is 14.3 Å². The third-order valence-electron chi connectivity index (χ3n) is 7.09. The number of nitrogens with zero attached hydrogens (tertiary/aromatic N) is 1. The number of amides is 2. The average molecular weight is 465 g/mol. The van der Waals surface area contributed by atoms with Gasteiger partial charge < -0.3 is 20.1 Å². The van der Waals surface area contributed by atoms with Crippen LogP contribution < -0.4 is 5.32 Å². The molecule has 7 nitrogen and oxygen atoms in total. The monoisotopic (exact) mass is 464 g/mol. The first-order chi connectivity index (χ1) is 16.4. The van der Waals surface area contributed by atoms with Crippen LogP contribution in [0.1, 0.15) is 56.6 Å². The van der Waals surface area contributed by atoms with Crippen LogP contribution in [0.25, 0.3) is 11.1 Å². The highest BCUT2D eigenvalue weighted by Crippen LogP contribution is 2.44. The molecule has 0 heterocycles. The highest BCUT2D eigenvalue weighted by Gasteiger charge is 2.42. The topological polar surface area (TPSA) is 95.9 Å². The standard InChI is InChI=1S/C27H32N2O5/c1-3-27(4-2,25(32)29(16-24(30)31)15-18-13-14-18)28-26(33)34-17-23-21-11-7-5-9-19(21)20-10-6-8-12-22(20)23/h5-12,18,23H,3-4,13-17H2,1-2H3,(H,28,33)(H,30,31). The summed E-state index contributed by atoms with van der Waals surface area (Å²) in [6.45, 7) is 3.82. The van der Waals surface area contributed by atoms with Gasteiger partial charge in [0.2, 0.25) is 5.91 Å². The van der Waals surface area contributed by atoms with Gasteiger partial charge >= 0.3 is 12.1 Å². The molecule has 0 aliphatic heterocycles. The van der Waals surface area contributed by atoms with Crippen LogP contribution in [0.4, 0.5) is 4.79 Å². The van der Waals surface area contributed by atoms with E-state index in [1.807, 2.05) is 38.1 Å². The lowest BCUT2D eigenvalue weighted by molar-refractivity contribution is -0.148. The number of carbonyl (C=O) groups excluding carboxylic acids is 2. The smallest absolute Gasteiger partial charge is 0.408 e. The van der Waals surface area contributed by atoms with Crippen LogP contribution in [0, 0.1) is 5.92 Å². The number of hydrogen-bond donors (Lipinski definition) is 2. The van der Waals surface area contributed by atoms with Crippen molar-refractivity contribution in [1.29, 1.82) is 0 Å². The molecule has 0 radical (unpaired) electrons. The van der Waals surface area contributed by atoms with Gasteiger partial charge in [0.05, 0.1) is 0 Å². The molecule has 1 fully saturated rings. The molecule has 2 amide bonds. The van der Waals surface area contributed by atoms with E-state index in [0.29, 0.717) is 25.3 Å². The van der Waals surface area contributed by atoms with Crippen LogP contribution >= 0.6 is 0 Å². The summed E-state index contributed by atoms with van der Waals surface area (Å²) in [7, 11) is 0. The Balaban J connectivity index is 1.47. The average Bonchev–Trinajstić information content (AvgIpc) is 3.60. The fourth-order valence-electron chi connectivity index (χ4n) is 4.91. The lowest BCUT2D eigenvalue weighted by Crippen LogP contribution is -2.60. The van der Waals surface area contributed by atoms with Crippen molar-refractivity contribution >= 4 is 18.0 Å². The summed E-state index contributed by atoms with van der Waals surface area (Å²) in [6.07, 6.45) is 2.00. The molecule has 0 atom stereocenters. The third kappa shape index (κ3) is 4.79. The van der Waals surface area contributed by atoms with Crippen molar-refractivity contribution in [3.8, 4) is 11.1 Å². The molecule has 2 aliphatic carbocycles. The Morgan fingerprint density at radius 1 is 1.00 bits per heavy atom. The van der Waals surface area contributed by atoms with Gasteiger partial charge in [0.1, 0.15) is 18.7 Å². The molecular formula is C27H32N2O5. The van der Waals surface area contributed by atoms with Gasteiger partial charge in [-0.05, 0) is 53.9 Å². The van der Waals surface area contributed by atoms with Gasteiger partial charge in [-0.2, -0.15) is 0 Å². The minimum absolute atomic E-state index is 0.0788. The number of carbonyl (C=O) groups is 3. The highest BCUT2D eigenvalue weighted by atomic mass is 16.5. The van der Waals surface area contributed by atoms with E-state index in [2.05, 4.69) is 29.6 Å². The maximum absolute atomic E-state index is 13.4. The van der Waals surface area contributed by atoms with E-state index >= 15 is 0 Å². The van der Waals surface area contributed by atoms with Crippen LogP contribution in [0.5, 0.6) is 0 Å². The van der Waals surface area contributed by atoms with Gasteiger partial charge in [0.25, 0.3) is 0 Å². The minimum atomic E-state index is -1.20. The number of rotatable bonds is 10. The molecule has 0 spiro atoms. The number of ether oxygens (including phenoxy) is 1. The van der Waals surface area contributed by atoms with Crippen molar-refractivity contribution in [2.75, 3.05) is 19.7 Å². The lowest BCUT2D eigenvalue weighted by atomic mass is 9.90. The zero-order valence-corrected chi connectivity index (χ0v) is 19.8. The molecule has 34 heavy (non-hydrogen) atoms. The summed E-state index contributed by atoms with van der Waals surface area (Å²) in [6, 6.07) is 16.2. The van der Waals surface area contributed by atoms with E-state index in [0.717, 1.165) is 35.1 Å². The summed E-state index contributed by atoms with van der Waals surface area (Å²) in [4.78, 5) is 39.1. The second kappa shape index (κ2) is 9.87. The number of aliphatic carboxylic acids is 1. The van der Waals surface area contributed by atoms with Gasteiger partial charge in [-0.1, -0.05) is 62.4 Å². The van der Waals surface area contributed by atoms with Gasteiger partial charge in [-0.25, -0.2) is 4.79 Å². The Hall–Kier alpha value is -3.35. The van der Waals surface area contributed by atoms with E-state index in [4.69, 9.17) is 4.74 Å². The minimum Gasteiger partial charge on any atom is -0.480 e. The molecule has 180 valence electrons. The summed E-state index contributed by atoms with van der Waals surface area (Å²) in [5.74, 6) is -1.16. The van der Waals surface area contributed by atoms with E-state index in [9.17, 15) is 19.5 Å². The molecule has 2 aliphatic rings. The first-order valence-corrected chi connectivity index (χ1v) is 12.0. The number of nitrogens with one attached hydrogen (secondary N) is 1. The van der Waals surface area contributed by atoms with Crippen molar-refractivity contribution in [1.82, 2.24) is 10.2 Å². The SMILES string of the molecule is CCC(CC)(NC(=O)OCC1c2ccccc2-c2ccccc21)C(=O)N(CC(=O)O)CC1CC1. The second-order valence-corrected chi connectivity index (χ2v) is 9.26. The lowest BCUT2D eigenvalue weighted by Gasteiger charge is -2.36. The van der Waals surface area contributed by atoms with Crippen LogP contribution in [-0.4, -0.2) is 53.2 Å². The molecule has 2 N–H and O–H groups in total. The van der Waals surface area contributed by atoms with Crippen molar-refractivity contribution < 1.29 is 24.2 Å². The summed E-state index contributed by atoms with van der Waals surface area (Å²) >= 11 is 0. The largest absolute Gasteiger partial charge is 0.480 e. The third-order valence-corrected chi connectivity index (χ3v) is 7.09. The molecule has 1 saturated carbocycles. The fraction of sp³-hybridized carbons (Fsp3) is 0.444. The Kier molecular flexibility index (Phi) is 6.91. The molecular weight excluding hydrogens is 432 g/mol. The Morgan fingerprint density at radius 2 is 1.56 bits per heavy atom. The van der Waals surface area contributed by atoms with Crippen molar-refractivity contribution in [2.24, 2.45) is 5.92 Å². The number of fused-ring (bicyclic) bond motifs is 3. The first-order valence-electron chi connectivity index (χ1n) is 12.0. The van der Waals surface area contributed by atoms with Gasteiger partial charge in [-0.3, -0.25) is 9.59 Å². The van der Waals surface area contributed by atoms with Gasteiger partial charge in [0, 0.05) is 12.5 Å². The van der Waals surface area contributed by atoms with Crippen LogP contribution in [0.3, 0.4) is 0 Å². The number of hydrogen-bond acceptors (Lipinski definition) is 4. The highest BCUT2D eigenvalue weighted by molar-refractivity contribution is 5.92. The number of carboxylic acids is 1. The maximum atomic E-state index is 13.4. The molecule has 2 aromatic carbocycles. The Bertz CT molecular complexity index is 1030. The van der Waals surface area contributed by atoms with E-state index < -0.39 is 17.6 Å². The normalized spacial score (nSPS) is 14.8. The summed E-state index contributed by atoms with van der Waals surface area (Å²) in [5.41, 5.74) is 3.31. The molecule has 0 unspecified atom stereocenters. The Morgan fingerprint density at radius 3 is 2.06 bits per heavy atom. The quantitative estimate of drug-likeness (QED) is 0.543. The number of alkyl carbamates (subject to hydrolysis) is 1. The summed E-state index contributed by atoms with van der Waals surface area (Å²) < 4.78 is 5.67. The predicted octanol–water partition coefficient (Wildman–Crippen LogP) is 4.41. The fourth-order valence-corrected chi connectivity index (χ4v) is 4.91. The number of benzene rings is 2. The zero-order chi connectivity index (χ0) is 24.3. The van der Waals surface area contributed by atoms with E-state index in [1.54, 1.807) is 0 Å². The summed E-state index contributed by atoms with van der Waals surface area (Å²) in [5, 5.41) is 12.1. The number of carboxylic acid groups (broad SMARTS) is 1. The van der Waals surface area contributed by atoms with Crippen molar-refractivity contribution in [2.45, 2.75) is 51.0 Å². The van der Waals surface area contributed by atoms with Crippen molar-refractivity contribution in [3.63, 3.8) is 0 Å². The molecule has 4 rings (SSSR count). The molecule has 7 heteroatoms. The zero-order valence-electron chi connectivity index (χ0n) is 19.8. The second-order valence-electron chi connectivity index (χ2n) is 9.26. The first kappa shape index (κ1) is 23.8. The molecule has 0 bridgehead atoms.